The molecule has 146 valence electrons. The van der Waals surface area contributed by atoms with E-state index in [1.165, 1.54) is 0 Å². The van der Waals surface area contributed by atoms with Crippen LogP contribution in [0.15, 0.2) is 10.5 Å². The Kier molecular flexibility index (Phi) is 6.30. The normalized spacial score (nSPS) is 21.8. The lowest BCUT2D eigenvalue weighted by molar-refractivity contribution is -0.139. The zero-order valence-electron chi connectivity index (χ0n) is 15.8. The summed E-state index contributed by atoms with van der Waals surface area (Å²) in [5.74, 6) is 0.507. The minimum absolute atomic E-state index is 0.0192. The highest BCUT2D eigenvalue weighted by atomic mass is 16.4. The molecule has 1 atom stereocenters. The van der Waals surface area contributed by atoms with Crippen molar-refractivity contribution in [2.24, 2.45) is 0 Å². The van der Waals surface area contributed by atoms with Gasteiger partial charge in [0.1, 0.15) is 17.1 Å². The number of aliphatic carboxylic acids is 1. The zero-order chi connectivity index (χ0) is 19.5. The van der Waals surface area contributed by atoms with Crippen LogP contribution >= 0.6 is 0 Å². The molecule has 1 aliphatic carbocycles. The average Bonchev–Trinajstić information content (AvgIpc) is 2.86. The highest BCUT2D eigenvalue weighted by Crippen LogP contribution is 2.27. The molecule has 1 aliphatic rings. The average molecular weight is 367 g/mol. The molecule has 0 aromatic carbocycles. The molecule has 1 aromatic rings. The third kappa shape index (κ3) is 4.98. The summed E-state index contributed by atoms with van der Waals surface area (Å²) in [6, 6.07) is 1.63. The molecule has 0 radical (unpaired) electrons. The Morgan fingerprint density at radius 1 is 1.38 bits per heavy atom. The van der Waals surface area contributed by atoms with Crippen molar-refractivity contribution in [3.05, 3.63) is 23.2 Å². The highest BCUT2D eigenvalue weighted by Gasteiger charge is 2.35. The minimum Gasteiger partial charge on any atom is -0.480 e. The number of urea groups is 1. The van der Waals surface area contributed by atoms with Crippen molar-refractivity contribution in [1.82, 2.24) is 15.5 Å². The lowest BCUT2D eigenvalue weighted by Gasteiger charge is -2.42. The summed E-state index contributed by atoms with van der Waals surface area (Å²) in [5.41, 5.74) is -0.562. The van der Waals surface area contributed by atoms with Gasteiger partial charge in [0.15, 0.2) is 0 Å². The lowest BCUT2D eigenvalue weighted by atomic mass is 9.85. The van der Waals surface area contributed by atoms with Gasteiger partial charge >= 0.3 is 12.0 Å². The van der Waals surface area contributed by atoms with E-state index in [2.05, 4.69) is 10.6 Å². The van der Waals surface area contributed by atoms with Crippen molar-refractivity contribution < 1.29 is 24.2 Å². The SMILES string of the molecule is CCN(CC(=O)O)C1CC(NC(=O)NCC(C)(O)c2cc(C)oc2C)C1. The first-order valence-corrected chi connectivity index (χ1v) is 8.92. The first kappa shape index (κ1) is 20.3. The van der Waals surface area contributed by atoms with Gasteiger partial charge in [-0.05, 0) is 46.2 Å². The van der Waals surface area contributed by atoms with E-state index in [9.17, 15) is 14.7 Å². The second-order valence-corrected chi connectivity index (χ2v) is 7.21. The predicted octanol–water partition coefficient (Wildman–Crippen LogP) is 1.34. The summed E-state index contributed by atoms with van der Waals surface area (Å²) in [5, 5.41) is 25.1. The monoisotopic (exact) mass is 367 g/mol. The molecule has 2 rings (SSSR count). The first-order chi connectivity index (χ1) is 12.1. The molecular formula is C18H29N3O5. The Morgan fingerprint density at radius 2 is 2.04 bits per heavy atom. The van der Waals surface area contributed by atoms with Crippen LogP contribution in [0.1, 0.15) is 43.8 Å². The van der Waals surface area contributed by atoms with Gasteiger partial charge in [0.25, 0.3) is 0 Å². The summed E-state index contributed by atoms with van der Waals surface area (Å²) in [6.45, 7) is 7.90. The standard InChI is InChI=1S/C18H29N3O5/c1-5-21(9-16(22)23)14-7-13(8-14)20-17(24)19-10-18(4,25)15-6-11(2)26-12(15)3/h6,13-14,25H,5,7-10H2,1-4H3,(H,22,23)(H2,19,20,24). The van der Waals surface area contributed by atoms with Crippen molar-refractivity contribution in [3.8, 4) is 0 Å². The Balaban J connectivity index is 1.76. The fraction of sp³-hybridized carbons (Fsp3) is 0.667. The first-order valence-electron chi connectivity index (χ1n) is 8.92. The molecule has 1 saturated carbocycles. The quantitative estimate of drug-likeness (QED) is 0.551. The topological polar surface area (TPSA) is 115 Å². The number of nitrogens with zero attached hydrogens (tertiary/aromatic N) is 1. The van der Waals surface area contributed by atoms with Crippen LogP contribution in [0.2, 0.25) is 0 Å². The molecule has 8 heteroatoms. The molecular weight excluding hydrogens is 338 g/mol. The number of amides is 2. The molecule has 1 fully saturated rings. The van der Waals surface area contributed by atoms with Crippen molar-refractivity contribution in [1.29, 1.82) is 0 Å². The minimum atomic E-state index is -1.22. The Labute approximate surface area is 153 Å². The molecule has 0 bridgehead atoms. The van der Waals surface area contributed by atoms with Crippen LogP contribution in [0.25, 0.3) is 0 Å². The number of carboxylic acid groups (broad SMARTS) is 1. The maximum Gasteiger partial charge on any atom is 0.317 e. The van der Waals surface area contributed by atoms with E-state index in [0.717, 1.165) is 12.8 Å². The summed E-state index contributed by atoms with van der Waals surface area (Å²) in [6.07, 6.45) is 1.45. The smallest absolute Gasteiger partial charge is 0.317 e. The van der Waals surface area contributed by atoms with Gasteiger partial charge in [0.05, 0.1) is 13.1 Å². The van der Waals surface area contributed by atoms with Crippen LogP contribution < -0.4 is 10.6 Å². The lowest BCUT2D eigenvalue weighted by Crippen LogP contribution is -2.57. The van der Waals surface area contributed by atoms with Crippen LogP contribution in [0.3, 0.4) is 0 Å². The maximum atomic E-state index is 12.1. The van der Waals surface area contributed by atoms with Gasteiger partial charge in [-0.15, -0.1) is 0 Å². The molecule has 1 aromatic heterocycles. The van der Waals surface area contributed by atoms with E-state index in [-0.39, 0.29) is 31.2 Å². The molecule has 8 nitrogen and oxygen atoms in total. The molecule has 26 heavy (non-hydrogen) atoms. The second kappa shape index (κ2) is 8.09. The molecule has 0 saturated heterocycles. The van der Waals surface area contributed by atoms with Crippen LogP contribution in [0, 0.1) is 13.8 Å². The van der Waals surface area contributed by atoms with Crippen LogP contribution in [-0.4, -0.2) is 58.8 Å². The molecule has 1 heterocycles. The Hall–Kier alpha value is -2.06. The summed E-state index contributed by atoms with van der Waals surface area (Å²) < 4.78 is 5.44. The Morgan fingerprint density at radius 3 is 2.54 bits per heavy atom. The van der Waals surface area contributed by atoms with Gasteiger partial charge < -0.3 is 25.3 Å². The van der Waals surface area contributed by atoms with E-state index in [1.54, 1.807) is 19.9 Å². The van der Waals surface area contributed by atoms with Gasteiger partial charge in [-0.25, -0.2) is 4.79 Å². The number of carboxylic acids is 1. The summed E-state index contributed by atoms with van der Waals surface area (Å²) >= 11 is 0. The number of likely N-dealkylation sites (N-methyl/N-ethyl adjacent to an activating group) is 1. The molecule has 0 aliphatic heterocycles. The number of hydrogen-bond acceptors (Lipinski definition) is 5. The van der Waals surface area contributed by atoms with E-state index < -0.39 is 11.6 Å². The number of aliphatic hydroxyl groups is 1. The molecule has 4 N–H and O–H groups in total. The number of nitrogens with one attached hydrogen (secondary N) is 2. The van der Waals surface area contributed by atoms with Crippen LogP contribution in [-0.2, 0) is 10.4 Å². The van der Waals surface area contributed by atoms with E-state index in [0.29, 0.717) is 23.6 Å². The largest absolute Gasteiger partial charge is 0.480 e. The van der Waals surface area contributed by atoms with Crippen LogP contribution in [0.5, 0.6) is 0 Å². The fourth-order valence-corrected chi connectivity index (χ4v) is 3.43. The van der Waals surface area contributed by atoms with Gasteiger partial charge in [-0.3, -0.25) is 9.69 Å². The third-order valence-corrected chi connectivity index (χ3v) is 4.92. The molecule has 1 unspecified atom stereocenters. The number of furan rings is 1. The van der Waals surface area contributed by atoms with Crippen molar-refractivity contribution in [2.75, 3.05) is 19.6 Å². The third-order valence-electron chi connectivity index (χ3n) is 4.92. The second-order valence-electron chi connectivity index (χ2n) is 7.21. The van der Waals surface area contributed by atoms with E-state index >= 15 is 0 Å². The van der Waals surface area contributed by atoms with Gasteiger partial charge in [0, 0.05) is 17.6 Å². The zero-order valence-corrected chi connectivity index (χ0v) is 15.8. The van der Waals surface area contributed by atoms with E-state index in [4.69, 9.17) is 9.52 Å². The van der Waals surface area contributed by atoms with Crippen LogP contribution in [0.4, 0.5) is 4.79 Å². The van der Waals surface area contributed by atoms with Crippen molar-refractivity contribution in [2.45, 2.75) is 58.2 Å². The number of hydrogen-bond donors (Lipinski definition) is 4. The van der Waals surface area contributed by atoms with Crippen molar-refractivity contribution in [3.63, 3.8) is 0 Å². The number of carbonyl (C=O) groups excluding carboxylic acids is 1. The number of carbonyl (C=O) groups is 2. The summed E-state index contributed by atoms with van der Waals surface area (Å²) in [4.78, 5) is 24.8. The number of rotatable bonds is 8. The molecule has 2 amide bonds. The highest BCUT2D eigenvalue weighted by molar-refractivity contribution is 5.74. The Bertz CT molecular complexity index is 649. The van der Waals surface area contributed by atoms with Gasteiger partial charge in [-0.2, -0.15) is 0 Å². The van der Waals surface area contributed by atoms with Crippen molar-refractivity contribution >= 4 is 12.0 Å². The number of aryl methyl sites for hydroxylation is 2. The molecule has 0 spiro atoms. The van der Waals surface area contributed by atoms with Gasteiger partial charge in [-0.1, -0.05) is 6.92 Å². The maximum absolute atomic E-state index is 12.1. The fourth-order valence-electron chi connectivity index (χ4n) is 3.43. The predicted molar refractivity (Wildman–Crippen MR) is 96.0 cm³/mol. The van der Waals surface area contributed by atoms with Gasteiger partial charge in [0.2, 0.25) is 0 Å². The summed E-state index contributed by atoms with van der Waals surface area (Å²) in [7, 11) is 0. The van der Waals surface area contributed by atoms with E-state index in [1.807, 2.05) is 18.7 Å².